The Labute approximate surface area is 803 Å². The molecule has 9 amide bonds. The smallest absolute Gasteiger partial charge is 0.310 e. The molecular formula is C103H114N12O24. The Bertz CT molecular complexity index is 6370. The van der Waals surface area contributed by atoms with E-state index < -0.39 is 67.9 Å². The zero-order valence-electron chi connectivity index (χ0n) is 79.9. The van der Waals surface area contributed by atoms with Crippen molar-refractivity contribution in [1.82, 2.24) is 0 Å². The summed E-state index contributed by atoms with van der Waals surface area (Å²) in [7, 11) is 0. The van der Waals surface area contributed by atoms with Crippen LogP contribution in [0.25, 0.3) is 10.8 Å². The number of nitro benzene ring substituents is 3. The quantitative estimate of drug-likeness (QED) is 0.0127. The highest BCUT2D eigenvalue weighted by molar-refractivity contribution is 6.12. The van der Waals surface area contributed by atoms with Gasteiger partial charge < -0.3 is 91.7 Å². The number of nitrogens with zero attached hydrogens (tertiary/aromatic N) is 3. The number of carbonyl (C=O) groups is 9. The van der Waals surface area contributed by atoms with Crippen LogP contribution in [0, 0.1) is 42.2 Å². The van der Waals surface area contributed by atoms with Crippen LogP contribution in [0.15, 0.2) is 206 Å². The van der Waals surface area contributed by atoms with E-state index in [-0.39, 0.29) is 192 Å². The van der Waals surface area contributed by atoms with E-state index in [4.69, 9.17) is 59.8 Å². The van der Waals surface area contributed by atoms with E-state index >= 15 is 0 Å². The van der Waals surface area contributed by atoms with E-state index in [0.717, 1.165) is 16.3 Å². The first-order valence-electron chi connectivity index (χ1n) is 44.8. The summed E-state index contributed by atoms with van der Waals surface area (Å²) >= 11 is 0. The van der Waals surface area contributed by atoms with Gasteiger partial charge in [-0.15, -0.1) is 0 Å². The van der Waals surface area contributed by atoms with Gasteiger partial charge in [-0.3, -0.25) is 73.5 Å². The topological polar surface area (TPSA) is 516 Å². The minimum absolute atomic E-state index is 0.00947. The maximum absolute atomic E-state index is 13.5. The van der Waals surface area contributed by atoms with Gasteiger partial charge in [0, 0.05) is 92.9 Å². The molecule has 0 aromatic heterocycles. The minimum Gasteiger partial charge on any atom is -0.491 e. The third-order valence-electron chi connectivity index (χ3n) is 20.1. The number of benzene rings is 11. The molecule has 0 saturated heterocycles. The van der Waals surface area contributed by atoms with Gasteiger partial charge in [0.05, 0.1) is 105 Å². The van der Waals surface area contributed by atoms with Crippen LogP contribution in [0.3, 0.4) is 0 Å². The molecular weight excluding hydrogens is 1790 g/mol. The normalized spacial score (nSPS) is 11.3. The third-order valence-corrected chi connectivity index (χ3v) is 20.1. The van der Waals surface area contributed by atoms with E-state index in [1.807, 2.05) is 119 Å². The van der Waals surface area contributed by atoms with Crippen LogP contribution < -0.4 is 91.7 Å². The van der Waals surface area contributed by atoms with Crippen molar-refractivity contribution in [1.29, 1.82) is 0 Å². The molecule has 0 bridgehead atoms. The lowest BCUT2D eigenvalue weighted by molar-refractivity contribution is -0.386. The number of carbonyl (C=O) groups excluding carboxylic acids is 9. The molecule has 0 saturated carbocycles. The van der Waals surface area contributed by atoms with Crippen molar-refractivity contribution < 1.29 is 101 Å². The largest absolute Gasteiger partial charge is 0.491 e. The number of nitrogens with one attached hydrogen (secondary N) is 6. The van der Waals surface area contributed by atoms with Crippen LogP contribution in [0.5, 0.6) is 51.7 Å². The fourth-order valence-corrected chi connectivity index (χ4v) is 13.0. The number of fused-ring (bicyclic) bond motifs is 1. The third kappa shape index (κ3) is 30.9. The van der Waals surface area contributed by atoms with Gasteiger partial charge in [0.2, 0.25) is 17.7 Å². The van der Waals surface area contributed by atoms with Crippen molar-refractivity contribution in [3.8, 4) is 51.7 Å². The first-order chi connectivity index (χ1) is 65.9. The molecule has 0 spiro atoms. The summed E-state index contributed by atoms with van der Waals surface area (Å²) in [4.78, 5) is 148. The van der Waals surface area contributed by atoms with Gasteiger partial charge in [-0.25, -0.2) is 0 Å². The number of nitro groups is 3. The first kappa shape index (κ1) is 106. The van der Waals surface area contributed by atoms with E-state index in [1.165, 1.54) is 164 Å². The molecule has 0 radical (unpaired) electrons. The summed E-state index contributed by atoms with van der Waals surface area (Å²) < 4.78 is 52.5. The summed E-state index contributed by atoms with van der Waals surface area (Å²) in [5.41, 5.74) is 20.1. The zero-order chi connectivity index (χ0) is 102. The van der Waals surface area contributed by atoms with Crippen LogP contribution in [-0.2, 0) is 6.42 Å². The lowest BCUT2D eigenvalue weighted by atomic mass is 10.1. The Morgan fingerprint density at radius 2 is 0.540 bits per heavy atom. The van der Waals surface area contributed by atoms with Crippen molar-refractivity contribution >= 4 is 115 Å². The maximum Gasteiger partial charge on any atom is 0.310 e. The number of ether oxygens (including phenoxy) is 9. The molecule has 11 aromatic rings. The Hall–Kier alpha value is -16.7. The van der Waals surface area contributed by atoms with Gasteiger partial charge in [0.25, 0.3) is 35.4 Å². The molecule has 0 heterocycles. The Kier molecular flexibility index (Phi) is 37.8. The van der Waals surface area contributed by atoms with Gasteiger partial charge in [-0.05, 0) is 238 Å². The molecule has 0 aliphatic rings. The summed E-state index contributed by atoms with van der Waals surface area (Å²) in [6.07, 6.45) is 0.227. The van der Waals surface area contributed by atoms with Crippen LogP contribution in [-0.4, -0.2) is 124 Å². The van der Waals surface area contributed by atoms with E-state index in [9.17, 15) is 73.5 Å². The van der Waals surface area contributed by atoms with Gasteiger partial charge in [0.1, 0.15) is 34.5 Å². The fourth-order valence-electron chi connectivity index (χ4n) is 13.0. The van der Waals surface area contributed by atoms with Crippen LogP contribution in [0.2, 0.25) is 0 Å². The predicted molar refractivity (Wildman–Crippen MR) is 529 cm³/mol. The average molecular weight is 1900 g/mol. The molecule has 2 unspecified atom stereocenters. The molecule has 2 atom stereocenters. The second kappa shape index (κ2) is 49.5. The summed E-state index contributed by atoms with van der Waals surface area (Å²) in [5.74, 6) is -3.28. The Morgan fingerprint density at radius 1 is 0.288 bits per heavy atom. The lowest BCUT2D eigenvalue weighted by Crippen LogP contribution is -2.18. The molecule has 36 heteroatoms. The van der Waals surface area contributed by atoms with Crippen LogP contribution >= 0.6 is 0 Å². The number of hydrogen-bond acceptors (Lipinski definition) is 24. The van der Waals surface area contributed by atoms with E-state index in [0.29, 0.717) is 48.6 Å². The number of hydrogen-bond donors (Lipinski definition) is 9. The molecule has 12 N–H and O–H groups in total. The second-order valence-electron chi connectivity index (χ2n) is 33.9. The van der Waals surface area contributed by atoms with Gasteiger partial charge in [0.15, 0.2) is 17.2 Å². The summed E-state index contributed by atoms with van der Waals surface area (Å²) in [6, 6.07) is 52.8. The molecule has 139 heavy (non-hydrogen) atoms. The van der Waals surface area contributed by atoms with Crippen LogP contribution in [0.4, 0.5) is 51.2 Å². The van der Waals surface area contributed by atoms with Crippen molar-refractivity contribution in [3.63, 3.8) is 0 Å². The van der Waals surface area contributed by atoms with Gasteiger partial charge >= 0.3 is 17.1 Å². The number of nitrogens with two attached hydrogens (primary N) is 3. The molecule has 11 aromatic carbocycles. The molecule has 730 valence electrons. The average Bonchev–Trinajstić information content (AvgIpc) is 0.814. The number of primary amides is 3. The minimum atomic E-state index is -0.634. The molecule has 36 nitrogen and oxygen atoms in total. The van der Waals surface area contributed by atoms with Crippen LogP contribution in [0.1, 0.15) is 222 Å². The molecule has 11 rings (SSSR count). The van der Waals surface area contributed by atoms with Crippen molar-refractivity contribution in [2.45, 2.75) is 167 Å². The second-order valence-corrected chi connectivity index (χ2v) is 33.9. The number of anilines is 6. The summed E-state index contributed by atoms with van der Waals surface area (Å²) in [5, 5.41) is 53.6. The maximum atomic E-state index is 13.5. The Balaban J connectivity index is 0.000000235. The van der Waals surface area contributed by atoms with Gasteiger partial charge in [-0.1, -0.05) is 84.0 Å². The monoisotopic (exact) mass is 1900 g/mol. The predicted octanol–water partition coefficient (Wildman–Crippen LogP) is 19.9. The zero-order valence-corrected chi connectivity index (χ0v) is 79.9. The van der Waals surface area contributed by atoms with Crippen molar-refractivity contribution in [3.05, 3.63) is 292 Å². The first-order valence-corrected chi connectivity index (χ1v) is 44.8. The van der Waals surface area contributed by atoms with Crippen molar-refractivity contribution in [2.24, 2.45) is 29.0 Å². The van der Waals surface area contributed by atoms with Gasteiger partial charge in [-0.2, -0.15) is 0 Å². The summed E-state index contributed by atoms with van der Waals surface area (Å²) in [6.45, 7) is 30.3. The number of rotatable bonds is 42. The highest BCUT2D eigenvalue weighted by Crippen LogP contribution is 2.39. The molecule has 0 aliphatic heterocycles. The van der Waals surface area contributed by atoms with E-state index in [2.05, 4.69) is 31.9 Å². The lowest BCUT2D eigenvalue weighted by Gasteiger charge is -2.19. The number of amides is 9. The van der Waals surface area contributed by atoms with E-state index in [1.54, 1.807) is 34.6 Å². The highest BCUT2D eigenvalue weighted by Gasteiger charge is 2.28. The Morgan fingerprint density at radius 3 is 0.849 bits per heavy atom. The fraction of sp³-hybridized carbons (Fsp3) is 0.291. The molecule has 0 aliphatic carbocycles. The highest BCUT2D eigenvalue weighted by atomic mass is 16.6. The SMILES string of the molecule is CC(C)COc1cc(C(=O)Nc2ccc(C(=O)Nc3ccc(C(N)=O)cc3OC(C)C)cc2OC(C)C)ccc1[N+](=O)[O-].CC(C)COc1cc(C(=O)Nc2ccc(C(N)=O)cc2OC(C)C)ccc1NC(=O)c1ccc([N+](=O)[O-])c(OCCc2ccc3ccccc3c2)c1.CCC(C)Oc1cc(C(=O)Nc2ccc(C(N)=O)cc2OC(C)C)ccc1NC(=O)c1ccc([N+](=O)[O-])c(OC(C)CC)c1. The standard InChI is InChI=1S/C40H40N4O8.C32H38N4O8.C31H36N4O8/c1-24(2)23-51-35-21-30(39(46)43-33-14-11-29(38(41)45)20-36(33)52-25(3)4)12-15-32(35)42-40(47)31-13-16-34(44(48)49)37(22-31)50-18-17-26-9-10-27-7-5-6-8-28(27)19-26;1-7-19(5)43-28-16-22(31(38)34-24-12-9-21(30(33)37)15-27(24)42-18(3)4)10-13-25(28)35-32(39)23-11-14-26(36(40)41)29(17-23)44-20(6)8-2;1-17(2)16-41-28-15-22(9-12-25(28)35(39)40)31(38)34-24-11-8-21(14-27(24)43-19(5)6)30(37)33-23-10-7-20(29(32)36)13-26(23)42-18(3)4/h5-16,19-22,24-25H,17-18,23H2,1-4H3,(H2,41,45)(H,42,47)(H,43,46);9-20H,7-8H2,1-6H3,(H2,33,37)(H,34,38)(H,35,39);7-15,17-19H,16H2,1-6H3,(H2,32,36)(H,33,37)(H,34,38). The van der Waals surface area contributed by atoms with Crippen molar-refractivity contribution in [2.75, 3.05) is 51.7 Å². The molecule has 0 fully saturated rings.